The molecule has 0 atom stereocenters. The first-order chi connectivity index (χ1) is 19.7. The summed E-state index contributed by atoms with van der Waals surface area (Å²) < 4.78 is 6.98. The minimum Gasteiger partial charge on any atom is -0.478 e. The van der Waals surface area contributed by atoms with Gasteiger partial charge in [0, 0.05) is 56.9 Å². The fourth-order valence-electron chi connectivity index (χ4n) is 5.85. The van der Waals surface area contributed by atoms with Crippen molar-refractivity contribution in [2.45, 2.75) is 32.2 Å². The highest BCUT2D eigenvalue weighted by atomic mass is 35.5. The Labute approximate surface area is 245 Å². The molecular weight excluding hydrogens is 544 g/mol. The number of anilines is 3. The fraction of sp³-hybridized carbons (Fsp3) is 0.517. The number of pyridine rings is 1. The number of carbonyl (C=O) groups is 1. The van der Waals surface area contributed by atoms with Crippen molar-refractivity contribution in [2.75, 3.05) is 63.1 Å². The van der Waals surface area contributed by atoms with Crippen LogP contribution in [-0.4, -0.2) is 83.8 Å². The number of hydrogen-bond donors (Lipinski definition) is 3. The van der Waals surface area contributed by atoms with Crippen molar-refractivity contribution in [3.63, 3.8) is 0 Å². The molecule has 41 heavy (non-hydrogen) atoms. The number of hydrogen-bond acceptors (Lipinski definition) is 9. The standard InChI is InChI=1S/C29H39ClN8O3/c1-29(2,20-7-9-32-10-8-20)38-13-11-37(12-14-38)28-33-17-22(30)26(35-28)34-21-5-6-23-19(15-21)16-24(27(40)36(23)4)41-18-25(39)31-3/h5-6,15-17,20,32H,7-14,18H2,1-4H3,(H,31,39)(H,33,34,35). The predicted molar refractivity (Wildman–Crippen MR) is 163 cm³/mol. The van der Waals surface area contributed by atoms with Crippen LogP contribution in [0, 0.1) is 5.92 Å². The monoisotopic (exact) mass is 582 g/mol. The third-order valence-electron chi connectivity index (χ3n) is 8.54. The number of benzene rings is 1. The van der Waals surface area contributed by atoms with Crippen LogP contribution in [0.2, 0.25) is 5.02 Å². The molecule has 0 bridgehead atoms. The summed E-state index contributed by atoms with van der Waals surface area (Å²) in [4.78, 5) is 38.4. The van der Waals surface area contributed by atoms with Gasteiger partial charge < -0.3 is 30.2 Å². The Balaban J connectivity index is 1.30. The quantitative estimate of drug-likeness (QED) is 0.368. The molecule has 1 aromatic carbocycles. The van der Waals surface area contributed by atoms with Gasteiger partial charge in [-0.1, -0.05) is 11.6 Å². The number of nitrogens with one attached hydrogen (secondary N) is 3. The van der Waals surface area contributed by atoms with E-state index >= 15 is 0 Å². The van der Waals surface area contributed by atoms with Crippen LogP contribution in [0.25, 0.3) is 10.9 Å². The molecule has 5 rings (SSSR count). The highest BCUT2D eigenvalue weighted by molar-refractivity contribution is 6.32. The number of fused-ring (bicyclic) bond motifs is 1. The molecule has 1 amide bonds. The molecule has 2 saturated heterocycles. The molecule has 0 saturated carbocycles. The number of rotatable bonds is 8. The van der Waals surface area contributed by atoms with E-state index < -0.39 is 0 Å². The lowest BCUT2D eigenvalue weighted by Gasteiger charge is -2.49. The summed E-state index contributed by atoms with van der Waals surface area (Å²) in [5, 5.41) is 10.5. The van der Waals surface area contributed by atoms with E-state index in [9.17, 15) is 9.59 Å². The normalized spacial score (nSPS) is 17.0. The molecule has 3 aromatic rings. The van der Waals surface area contributed by atoms with Gasteiger partial charge in [0.15, 0.2) is 18.2 Å². The maximum absolute atomic E-state index is 12.7. The number of halogens is 1. The maximum Gasteiger partial charge on any atom is 0.293 e. The Hall–Kier alpha value is -3.41. The number of ether oxygens (including phenoxy) is 1. The van der Waals surface area contributed by atoms with E-state index in [4.69, 9.17) is 21.3 Å². The predicted octanol–water partition coefficient (Wildman–Crippen LogP) is 2.75. The van der Waals surface area contributed by atoms with Crippen LogP contribution in [-0.2, 0) is 11.8 Å². The van der Waals surface area contributed by atoms with Gasteiger partial charge in [-0.05, 0) is 70.0 Å². The maximum atomic E-state index is 12.7. The van der Waals surface area contributed by atoms with E-state index in [1.54, 1.807) is 19.3 Å². The zero-order chi connectivity index (χ0) is 29.1. The second-order valence-electron chi connectivity index (χ2n) is 11.3. The molecule has 2 aliphatic rings. The highest BCUT2D eigenvalue weighted by Gasteiger charge is 2.37. The minimum absolute atomic E-state index is 0.102. The molecule has 2 aliphatic heterocycles. The second kappa shape index (κ2) is 12.2. The molecule has 0 spiro atoms. The van der Waals surface area contributed by atoms with Crippen molar-refractivity contribution >= 4 is 45.9 Å². The summed E-state index contributed by atoms with van der Waals surface area (Å²) in [6.07, 6.45) is 4.07. The van der Waals surface area contributed by atoms with E-state index in [0.717, 1.165) is 55.9 Å². The molecule has 0 aliphatic carbocycles. The fourth-order valence-corrected chi connectivity index (χ4v) is 5.99. The van der Waals surface area contributed by atoms with Gasteiger partial charge in [0.1, 0.15) is 5.02 Å². The molecule has 11 nitrogen and oxygen atoms in total. The summed E-state index contributed by atoms with van der Waals surface area (Å²) in [7, 11) is 3.19. The van der Waals surface area contributed by atoms with Gasteiger partial charge in [-0.3, -0.25) is 14.5 Å². The summed E-state index contributed by atoms with van der Waals surface area (Å²) in [6, 6.07) is 7.25. The number of aromatic nitrogens is 3. The number of nitrogens with zero attached hydrogens (tertiary/aromatic N) is 5. The first-order valence-electron chi connectivity index (χ1n) is 14.1. The van der Waals surface area contributed by atoms with Gasteiger partial charge >= 0.3 is 0 Å². The van der Waals surface area contributed by atoms with Crippen LogP contribution in [0.15, 0.2) is 35.3 Å². The summed E-state index contributed by atoms with van der Waals surface area (Å²) >= 11 is 6.51. The first-order valence-corrected chi connectivity index (χ1v) is 14.5. The third kappa shape index (κ3) is 6.27. The largest absolute Gasteiger partial charge is 0.478 e. The molecule has 2 aromatic heterocycles. The lowest BCUT2D eigenvalue weighted by atomic mass is 9.79. The Kier molecular flexibility index (Phi) is 8.67. The van der Waals surface area contributed by atoms with Gasteiger partial charge in [-0.2, -0.15) is 4.98 Å². The van der Waals surface area contributed by atoms with E-state index in [2.05, 4.69) is 44.6 Å². The molecule has 12 heteroatoms. The molecule has 4 heterocycles. The van der Waals surface area contributed by atoms with Gasteiger partial charge in [-0.15, -0.1) is 0 Å². The van der Waals surface area contributed by atoms with Crippen molar-refractivity contribution in [1.82, 2.24) is 30.1 Å². The Morgan fingerprint density at radius 1 is 1.17 bits per heavy atom. The lowest BCUT2D eigenvalue weighted by Crippen LogP contribution is -2.59. The SMILES string of the molecule is CNC(=O)COc1cc2cc(Nc3nc(N4CCN(C(C)(C)C5CCNCC5)CC4)ncc3Cl)ccc2n(C)c1=O. The van der Waals surface area contributed by atoms with E-state index in [1.165, 1.54) is 24.5 Å². The molecule has 0 unspecified atom stereocenters. The third-order valence-corrected chi connectivity index (χ3v) is 8.81. The zero-order valence-corrected chi connectivity index (χ0v) is 24.9. The van der Waals surface area contributed by atoms with E-state index in [1.807, 2.05) is 18.2 Å². The Bertz CT molecular complexity index is 1460. The average Bonchev–Trinajstić information content (AvgIpc) is 2.99. The van der Waals surface area contributed by atoms with Crippen LogP contribution in [0.3, 0.4) is 0 Å². The molecule has 2 fully saturated rings. The van der Waals surface area contributed by atoms with E-state index in [0.29, 0.717) is 22.7 Å². The first kappa shape index (κ1) is 29.1. The molecule has 0 radical (unpaired) electrons. The van der Waals surface area contributed by atoms with Crippen molar-refractivity contribution in [1.29, 1.82) is 0 Å². The average molecular weight is 583 g/mol. The minimum atomic E-state index is -0.316. The summed E-state index contributed by atoms with van der Waals surface area (Å²) in [5.41, 5.74) is 1.32. The lowest BCUT2D eigenvalue weighted by molar-refractivity contribution is -0.122. The van der Waals surface area contributed by atoms with Crippen LogP contribution < -0.4 is 31.1 Å². The van der Waals surface area contributed by atoms with Crippen molar-refractivity contribution in [3.8, 4) is 5.75 Å². The van der Waals surface area contributed by atoms with Crippen molar-refractivity contribution < 1.29 is 9.53 Å². The van der Waals surface area contributed by atoms with Crippen LogP contribution in [0.5, 0.6) is 5.75 Å². The van der Waals surface area contributed by atoms with Gasteiger partial charge in [0.2, 0.25) is 5.95 Å². The van der Waals surface area contributed by atoms with Gasteiger partial charge in [0.05, 0.1) is 11.7 Å². The number of aryl methyl sites for hydroxylation is 1. The summed E-state index contributed by atoms with van der Waals surface area (Å²) in [6.45, 7) is 10.3. The smallest absolute Gasteiger partial charge is 0.293 e. The topological polar surface area (TPSA) is 117 Å². The van der Waals surface area contributed by atoms with Crippen molar-refractivity contribution in [3.05, 3.63) is 45.8 Å². The number of piperidine rings is 1. The van der Waals surface area contributed by atoms with E-state index in [-0.39, 0.29) is 29.4 Å². The molecular formula is C29H39ClN8O3. The Morgan fingerprint density at radius 3 is 2.61 bits per heavy atom. The number of likely N-dealkylation sites (N-methyl/N-ethyl adjacent to an activating group) is 1. The molecule has 3 N–H and O–H groups in total. The molecule has 220 valence electrons. The second-order valence-corrected chi connectivity index (χ2v) is 11.7. The number of amides is 1. The highest BCUT2D eigenvalue weighted by Crippen LogP contribution is 2.33. The number of carbonyl (C=O) groups excluding carboxylic acids is 1. The summed E-state index contributed by atoms with van der Waals surface area (Å²) in [5.74, 6) is 1.63. The van der Waals surface area contributed by atoms with Crippen molar-refractivity contribution in [2.24, 2.45) is 13.0 Å². The zero-order valence-electron chi connectivity index (χ0n) is 24.2. The Morgan fingerprint density at radius 2 is 1.90 bits per heavy atom. The van der Waals surface area contributed by atoms with Crippen LogP contribution in [0.4, 0.5) is 17.5 Å². The number of piperazine rings is 1. The van der Waals surface area contributed by atoms with Gasteiger partial charge in [-0.25, -0.2) is 4.98 Å². The van der Waals surface area contributed by atoms with Crippen LogP contribution >= 0.6 is 11.6 Å². The van der Waals surface area contributed by atoms with Gasteiger partial charge in [0.25, 0.3) is 11.5 Å². The van der Waals surface area contributed by atoms with Crippen LogP contribution in [0.1, 0.15) is 26.7 Å².